The molecule has 0 aliphatic heterocycles. The summed E-state index contributed by atoms with van der Waals surface area (Å²) in [6, 6.07) is 12.1. The van der Waals surface area contributed by atoms with E-state index in [0.717, 1.165) is 0 Å². The number of nitrogens with zero attached hydrogens (tertiary/aromatic N) is 1. The molecule has 0 aliphatic carbocycles. The molecule has 23 heavy (non-hydrogen) atoms. The first-order valence-electron chi connectivity index (χ1n) is 6.42. The Morgan fingerprint density at radius 3 is 2.17 bits per heavy atom. The lowest BCUT2D eigenvalue weighted by Crippen LogP contribution is -2.09. The maximum atomic E-state index is 11.0. The molecule has 2 aromatic rings. The lowest BCUT2D eigenvalue weighted by atomic mass is 10.0. The van der Waals surface area contributed by atoms with Gasteiger partial charge < -0.3 is 10.2 Å². The summed E-state index contributed by atoms with van der Waals surface area (Å²) in [5.74, 6) is -3.41. The van der Waals surface area contributed by atoms with Crippen LogP contribution in [0.25, 0.3) is 16.9 Å². The van der Waals surface area contributed by atoms with E-state index in [0.29, 0.717) is 17.2 Å². The van der Waals surface area contributed by atoms with Crippen molar-refractivity contribution in [3.05, 3.63) is 70.3 Å². The molecule has 0 spiro atoms. The molecule has 0 saturated heterocycles. The zero-order valence-corrected chi connectivity index (χ0v) is 11.7. The highest BCUT2D eigenvalue weighted by atomic mass is 16.6. The van der Waals surface area contributed by atoms with Crippen molar-refractivity contribution < 1.29 is 24.7 Å². The maximum Gasteiger partial charge on any atom is 0.376 e. The number of carbonyl (C=O) groups excluding carboxylic acids is 1. The Kier molecular flexibility index (Phi) is 4.51. The molecule has 0 fully saturated rings. The van der Waals surface area contributed by atoms with Crippen LogP contribution in [0.1, 0.15) is 5.56 Å². The number of hydrogen-bond acceptors (Lipinski definition) is 5. The van der Waals surface area contributed by atoms with Gasteiger partial charge in [-0.25, -0.2) is 4.79 Å². The average Bonchev–Trinajstić information content (AvgIpc) is 2.54. The van der Waals surface area contributed by atoms with Crippen molar-refractivity contribution in [2.45, 2.75) is 0 Å². The maximum absolute atomic E-state index is 11.0. The van der Waals surface area contributed by atoms with Crippen molar-refractivity contribution in [3.63, 3.8) is 0 Å². The summed E-state index contributed by atoms with van der Waals surface area (Å²) < 4.78 is 0. The van der Waals surface area contributed by atoms with Gasteiger partial charge in [0, 0.05) is 17.7 Å². The molecule has 0 aromatic heterocycles. The Hall–Kier alpha value is -3.48. The number of rotatable bonds is 5. The highest BCUT2D eigenvalue weighted by molar-refractivity contribution is 6.38. The van der Waals surface area contributed by atoms with E-state index in [4.69, 9.17) is 5.11 Å². The minimum Gasteiger partial charge on any atom is -0.507 e. The Bertz CT molecular complexity index is 808. The zero-order chi connectivity index (χ0) is 17.0. The van der Waals surface area contributed by atoms with Gasteiger partial charge in [-0.15, -0.1) is 0 Å². The third kappa shape index (κ3) is 3.59. The minimum absolute atomic E-state index is 0.0546. The van der Waals surface area contributed by atoms with Crippen LogP contribution in [0.5, 0.6) is 0 Å². The fraction of sp³-hybridized carbons (Fsp3) is 0. The van der Waals surface area contributed by atoms with Crippen LogP contribution in [0.3, 0.4) is 0 Å². The number of ketones is 1. The van der Waals surface area contributed by atoms with Gasteiger partial charge in [0.2, 0.25) is 0 Å². The Balaban J connectivity index is 2.36. The van der Waals surface area contributed by atoms with E-state index in [1.807, 2.05) is 0 Å². The smallest absolute Gasteiger partial charge is 0.376 e. The van der Waals surface area contributed by atoms with Crippen molar-refractivity contribution >= 4 is 23.2 Å². The highest BCUT2D eigenvalue weighted by Crippen LogP contribution is 2.30. The fourth-order valence-electron chi connectivity index (χ4n) is 1.97. The second-order valence-corrected chi connectivity index (χ2v) is 4.55. The second-order valence-electron chi connectivity index (χ2n) is 4.55. The number of carboxylic acid groups (broad SMARTS) is 1. The minimum atomic E-state index is -1.67. The topological polar surface area (TPSA) is 118 Å². The van der Waals surface area contributed by atoms with Gasteiger partial charge in [0.25, 0.3) is 11.5 Å². The Morgan fingerprint density at radius 1 is 1.00 bits per heavy atom. The molecule has 2 rings (SSSR count). The molecular weight excluding hydrogens is 302 g/mol. The molecule has 0 heterocycles. The SMILES string of the molecule is O=C(O)C(=O)/C=C(\O)c1ccc(-c2ccccc2[N+](=O)[O-])cc1. The van der Waals surface area contributed by atoms with Crippen LogP contribution in [-0.2, 0) is 9.59 Å². The van der Waals surface area contributed by atoms with Crippen molar-refractivity contribution in [2.75, 3.05) is 0 Å². The molecule has 0 atom stereocenters. The van der Waals surface area contributed by atoms with Crippen LogP contribution >= 0.6 is 0 Å². The second kappa shape index (κ2) is 6.52. The lowest BCUT2D eigenvalue weighted by molar-refractivity contribution is -0.384. The van der Waals surface area contributed by atoms with E-state index >= 15 is 0 Å². The van der Waals surface area contributed by atoms with E-state index in [-0.39, 0.29) is 11.3 Å². The number of carbonyl (C=O) groups is 2. The highest BCUT2D eigenvalue weighted by Gasteiger charge is 2.15. The van der Waals surface area contributed by atoms with Gasteiger partial charge in [-0.1, -0.05) is 36.4 Å². The molecule has 0 saturated carbocycles. The number of carboxylic acids is 1. The van der Waals surface area contributed by atoms with Crippen molar-refractivity contribution in [3.8, 4) is 11.1 Å². The summed E-state index contributed by atoms with van der Waals surface area (Å²) in [6.07, 6.45) is 0.600. The molecule has 0 aliphatic rings. The summed E-state index contributed by atoms with van der Waals surface area (Å²) in [5.41, 5.74) is 1.13. The van der Waals surface area contributed by atoms with E-state index in [1.165, 1.54) is 30.3 Å². The van der Waals surface area contributed by atoms with E-state index in [2.05, 4.69) is 0 Å². The van der Waals surface area contributed by atoms with Crippen LogP contribution in [0.2, 0.25) is 0 Å². The first-order valence-corrected chi connectivity index (χ1v) is 6.42. The van der Waals surface area contributed by atoms with Gasteiger partial charge in [-0.2, -0.15) is 0 Å². The third-order valence-corrected chi connectivity index (χ3v) is 3.07. The number of nitro groups is 1. The molecule has 116 valence electrons. The zero-order valence-electron chi connectivity index (χ0n) is 11.7. The molecule has 0 unspecified atom stereocenters. The third-order valence-electron chi connectivity index (χ3n) is 3.07. The van der Waals surface area contributed by atoms with Crippen LogP contribution in [-0.4, -0.2) is 26.9 Å². The molecule has 7 heteroatoms. The van der Waals surface area contributed by atoms with Crippen LogP contribution < -0.4 is 0 Å². The number of nitro benzene ring substituents is 1. The van der Waals surface area contributed by atoms with Crippen LogP contribution in [0, 0.1) is 10.1 Å². The van der Waals surface area contributed by atoms with Gasteiger partial charge >= 0.3 is 5.97 Å². The summed E-state index contributed by atoms with van der Waals surface area (Å²) in [4.78, 5) is 32.0. The van der Waals surface area contributed by atoms with Gasteiger partial charge in [0.05, 0.1) is 10.5 Å². The normalized spacial score (nSPS) is 11.0. The number of aliphatic carboxylic acids is 1. The molecule has 7 nitrogen and oxygen atoms in total. The number of hydrogen-bond donors (Lipinski definition) is 2. The van der Waals surface area contributed by atoms with Crippen molar-refractivity contribution in [2.24, 2.45) is 0 Å². The molecule has 0 amide bonds. The predicted octanol–water partition coefficient (Wildman–Crippen LogP) is 2.81. The van der Waals surface area contributed by atoms with Crippen LogP contribution in [0.15, 0.2) is 54.6 Å². The molecule has 0 radical (unpaired) electrons. The standard InChI is InChI=1S/C16H11NO6/c18-14(9-15(19)16(20)21)11-7-5-10(6-8-11)12-3-1-2-4-13(12)17(22)23/h1-9,18H,(H,20,21)/b14-9-. The van der Waals surface area contributed by atoms with Gasteiger partial charge in [-0.3, -0.25) is 14.9 Å². The molecular formula is C16H11NO6. The summed E-state index contributed by atoms with van der Waals surface area (Å²) in [6.45, 7) is 0. The average molecular weight is 313 g/mol. The summed E-state index contributed by atoms with van der Waals surface area (Å²) in [7, 11) is 0. The Morgan fingerprint density at radius 2 is 1.61 bits per heavy atom. The van der Waals surface area contributed by atoms with Crippen molar-refractivity contribution in [1.29, 1.82) is 0 Å². The summed E-state index contributed by atoms with van der Waals surface area (Å²) >= 11 is 0. The van der Waals surface area contributed by atoms with Gasteiger partial charge in [0.15, 0.2) is 0 Å². The number of aliphatic hydroxyl groups excluding tert-OH is 1. The van der Waals surface area contributed by atoms with E-state index in [9.17, 15) is 24.8 Å². The monoisotopic (exact) mass is 313 g/mol. The number of benzene rings is 2. The first-order chi connectivity index (χ1) is 10.9. The summed E-state index contributed by atoms with van der Waals surface area (Å²) in [5, 5.41) is 29.2. The van der Waals surface area contributed by atoms with Gasteiger partial charge in [0.1, 0.15) is 5.76 Å². The fourth-order valence-corrected chi connectivity index (χ4v) is 1.97. The Labute approximate surface area is 130 Å². The van der Waals surface area contributed by atoms with Gasteiger partial charge in [-0.05, 0) is 11.6 Å². The van der Waals surface area contributed by atoms with E-state index in [1.54, 1.807) is 18.2 Å². The van der Waals surface area contributed by atoms with Crippen LogP contribution in [0.4, 0.5) is 5.69 Å². The largest absolute Gasteiger partial charge is 0.507 e. The molecule has 0 bridgehead atoms. The lowest BCUT2D eigenvalue weighted by Gasteiger charge is -2.05. The van der Waals surface area contributed by atoms with Crippen molar-refractivity contribution in [1.82, 2.24) is 0 Å². The number of aliphatic hydroxyl groups is 1. The predicted molar refractivity (Wildman–Crippen MR) is 81.8 cm³/mol. The quantitative estimate of drug-likeness (QED) is 0.288. The molecule has 2 aromatic carbocycles. The number of para-hydroxylation sites is 1. The van der Waals surface area contributed by atoms with E-state index < -0.39 is 22.4 Å². The molecule has 2 N–H and O–H groups in total. The first kappa shape index (κ1) is 15.9.